The summed E-state index contributed by atoms with van der Waals surface area (Å²) in [5.41, 5.74) is 4.47. The molecule has 2 aromatic carbocycles. The summed E-state index contributed by atoms with van der Waals surface area (Å²) in [7, 11) is 0. The second-order valence-electron chi connectivity index (χ2n) is 7.61. The fourth-order valence-electron chi connectivity index (χ4n) is 3.90. The van der Waals surface area contributed by atoms with Crippen molar-refractivity contribution in [2.45, 2.75) is 37.8 Å². The summed E-state index contributed by atoms with van der Waals surface area (Å²) >= 11 is 1.50. The van der Waals surface area contributed by atoms with E-state index in [4.69, 9.17) is 4.74 Å². The Morgan fingerprint density at radius 3 is 2.12 bits per heavy atom. The Bertz CT molecular complexity index is 935. The molecular formula is C24H28N2O5S. The lowest BCUT2D eigenvalue weighted by Crippen LogP contribution is -2.51. The van der Waals surface area contributed by atoms with Crippen molar-refractivity contribution in [2.24, 2.45) is 0 Å². The van der Waals surface area contributed by atoms with Crippen LogP contribution in [0.4, 0.5) is 4.79 Å². The second kappa shape index (κ2) is 11.0. The van der Waals surface area contributed by atoms with Crippen molar-refractivity contribution in [3.05, 3.63) is 59.7 Å². The molecule has 2 atom stereocenters. The van der Waals surface area contributed by atoms with Gasteiger partial charge in [0.05, 0.1) is 0 Å². The molecule has 1 aliphatic carbocycles. The third kappa shape index (κ3) is 5.43. The van der Waals surface area contributed by atoms with Crippen LogP contribution in [-0.4, -0.2) is 53.8 Å². The van der Waals surface area contributed by atoms with Gasteiger partial charge < -0.3 is 20.5 Å². The molecule has 32 heavy (non-hydrogen) atoms. The molecule has 0 heterocycles. The van der Waals surface area contributed by atoms with Gasteiger partial charge in [0.15, 0.2) is 0 Å². The number of carbonyl (C=O) groups is 3. The van der Waals surface area contributed by atoms with Crippen LogP contribution in [0.2, 0.25) is 0 Å². The Labute approximate surface area is 191 Å². The third-order valence-corrected chi connectivity index (χ3v) is 6.23. The zero-order valence-corrected chi connectivity index (χ0v) is 19.0. The summed E-state index contributed by atoms with van der Waals surface area (Å²) in [6.45, 7) is 1.88. The van der Waals surface area contributed by atoms with Crippen LogP contribution < -0.4 is 10.6 Å². The summed E-state index contributed by atoms with van der Waals surface area (Å²) in [4.78, 5) is 36.4. The van der Waals surface area contributed by atoms with Crippen LogP contribution in [-0.2, 0) is 14.3 Å². The molecule has 2 aromatic rings. The molecule has 0 saturated heterocycles. The van der Waals surface area contributed by atoms with Gasteiger partial charge in [-0.15, -0.1) is 0 Å². The van der Waals surface area contributed by atoms with Crippen molar-refractivity contribution in [3.63, 3.8) is 0 Å². The quantitative estimate of drug-likeness (QED) is 0.504. The number of fused-ring (bicyclic) bond motifs is 3. The first-order valence-electron chi connectivity index (χ1n) is 10.6. The molecule has 0 fully saturated rings. The average molecular weight is 457 g/mol. The number of nitrogens with one attached hydrogen (secondary N) is 2. The van der Waals surface area contributed by atoms with Crippen molar-refractivity contribution in [1.29, 1.82) is 0 Å². The molecule has 3 rings (SSSR count). The van der Waals surface area contributed by atoms with Crippen molar-refractivity contribution in [1.82, 2.24) is 10.6 Å². The van der Waals surface area contributed by atoms with Crippen molar-refractivity contribution >= 4 is 29.7 Å². The number of carboxylic acid groups (broad SMARTS) is 1. The monoisotopic (exact) mass is 456 g/mol. The van der Waals surface area contributed by atoms with Crippen LogP contribution in [0.1, 0.15) is 36.8 Å². The minimum Gasteiger partial charge on any atom is -0.480 e. The molecule has 0 spiro atoms. The Morgan fingerprint density at radius 2 is 1.59 bits per heavy atom. The van der Waals surface area contributed by atoms with E-state index in [1.54, 1.807) is 6.92 Å². The summed E-state index contributed by atoms with van der Waals surface area (Å²) < 4.78 is 5.49. The maximum atomic E-state index is 12.5. The van der Waals surface area contributed by atoms with E-state index in [0.717, 1.165) is 22.3 Å². The fraction of sp³-hybridized carbons (Fsp3) is 0.375. The zero-order valence-electron chi connectivity index (χ0n) is 18.2. The van der Waals surface area contributed by atoms with E-state index in [1.165, 1.54) is 11.8 Å². The molecule has 0 radical (unpaired) electrons. The van der Waals surface area contributed by atoms with E-state index in [-0.39, 0.29) is 12.5 Å². The molecule has 170 valence electrons. The number of benzene rings is 2. The minimum atomic E-state index is -1.09. The summed E-state index contributed by atoms with van der Waals surface area (Å²) in [6.07, 6.45) is 1.79. The van der Waals surface area contributed by atoms with E-state index in [1.807, 2.05) is 42.7 Å². The van der Waals surface area contributed by atoms with E-state index in [2.05, 4.69) is 22.8 Å². The van der Waals surface area contributed by atoms with Crippen LogP contribution in [0.25, 0.3) is 11.1 Å². The number of thioether (sulfide) groups is 1. The van der Waals surface area contributed by atoms with Gasteiger partial charge in [-0.2, -0.15) is 11.8 Å². The maximum Gasteiger partial charge on any atom is 0.407 e. The topological polar surface area (TPSA) is 105 Å². The Kier molecular flexibility index (Phi) is 8.16. The number of carboxylic acids is 1. The van der Waals surface area contributed by atoms with Gasteiger partial charge in [-0.25, -0.2) is 9.59 Å². The Morgan fingerprint density at radius 1 is 1.00 bits per heavy atom. The molecule has 0 saturated carbocycles. The highest BCUT2D eigenvalue weighted by atomic mass is 32.2. The molecule has 1 aliphatic rings. The summed E-state index contributed by atoms with van der Waals surface area (Å²) in [5.74, 6) is -1.10. The highest BCUT2D eigenvalue weighted by Crippen LogP contribution is 2.44. The molecule has 3 N–H and O–H groups in total. The molecule has 8 heteroatoms. The lowest BCUT2D eigenvalue weighted by molar-refractivity contribution is -0.142. The fourth-order valence-corrected chi connectivity index (χ4v) is 4.37. The van der Waals surface area contributed by atoms with Gasteiger partial charge >= 0.3 is 12.1 Å². The van der Waals surface area contributed by atoms with Gasteiger partial charge in [-0.1, -0.05) is 55.5 Å². The summed E-state index contributed by atoms with van der Waals surface area (Å²) in [5, 5.41) is 14.4. The number of hydrogen-bond acceptors (Lipinski definition) is 5. The van der Waals surface area contributed by atoms with Crippen molar-refractivity contribution < 1.29 is 24.2 Å². The van der Waals surface area contributed by atoms with E-state index in [0.29, 0.717) is 18.6 Å². The van der Waals surface area contributed by atoms with Crippen molar-refractivity contribution in [3.8, 4) is 11.1 Å². The van der Waals surface area contributed by atoms with Crippen LogP contribution in [0.3, 0.4) is 0 Å². The van der Waals surface area contributed by atoms with Crippen LogP contribution in [0, 0.1) is 0 Å². The molecule has 0 aromatic heterocycles. The van der Waals surface area contributed by atoms with Gasteiger partial charge in [0, 0.05) is 5.92 Å². The number of amides is 2. The predicted molar refractivity (Wildman–Crippen MR) is 125 cm³/mol. The van der Waals surface area contributed by atoms with Gasteiger partial charge in [0.25, 0.3) is 0 Å². The minimum absolute atomic E-state index is 0.0787. The number of hydrogen-bond donors (Lipinski definition) is 3. The van der Waals surface area contributed by atoms with E-state index >= 15 is 0 Å². The normalized spacial score (nSPS) is 14.1. The largest absolute Gasteiger partial charge is 0.480 e. The van der Waals surface area contributed by atoms with Crippen LogP contribution in [0.5, 0.6) is 0 Å². The maximum absolute atomic E-state index is 12.5. The van der Waals surface area contributed by atoms with Gasteiger partial charge in [0.1, 0.15) is 18.7 Å². The first-order chi connectivity index (χ1) is 15.5. The third-order valence-electron chi connectivity index (χ3n) is 5.59. The van der Waals surface area contributed by atoms with Crippen LogP contribution >= 0.6 is 11.8 Å². The van der Waals surface area contributed by atoms with Crippen LogP contribution in [0.15, 0.2) is 48.5 Å². The Balaban J connectivity index is 1.60. The number of alkyl carbamates (subject to hydrolysis) is 1. The molecule has 2 amide bonds. The predicted octanol–water partition coefficient (Wildman–Crippen LogP) is 3.63. The number of aliphatic carboxylic acids is 1. The summed E-state index contributed by atoms with van der Waals surface area (Å²) in [6, 6.07) is 14.2. The van der Waals surface area contributed by atoms with Gasteiger partial charge in [-0.05, 0) is 47.1 Å². The highest BCUT2D eigenvalue weighted by molar-refractivity contribution is 7.98. The average Bonchev–Trinajstić information content (AvgIpc) is 3.12. The zero-order chi connectivity index (χ0) is 23.1. The highest BCUT2D eigenvalue weighted by Gasteiger charge is 2.30. The number of ether oxygens (including phenoxy) is 1. The lowest BCUT2D eigenvalue weighted by atomic mass is 9.98. The second-order valence-corrected chi connectivity index (χ2v) is 8.60. The van der Waals surface area contributed by atoms with Crippen molar-refractivity contribution in [2.75, 3.05) is 18.6 Å². The number of carbonyl (C=O) groups excluding carboxylic acids is 2. The molecule has 0 unspecified atom stereocenters. The Hall–Kier alpha value is -3.00. The first kappa shape index (κ1) is 23.7. The van der Waals surface area contributed by atoms with E-state index < -0.39 is 30.1 Å². The molecular weight excluding hydrogens is 428 g/mol. The number of rotatable bonds is 10. The van der Waals surface area contributed by atoms with E-state index in [9.17, 15) is 19.5 Å². The first-order valence-corrected chi connectivity index (χ1v) is 12.0. The van der Waals surface area contributed by atoms with Gasteiger partial charge in [0.2, 0.25) is 5.91 Å². The smallest absolute Gasteiger partial charge is 0.407 e. The molecule has 0 aliphatic heterocycles. The van der Waals surface area contributed by atoms with Gasteiger partial charge in [-0.3, -0.25) is 4.79 Å². The standard InChI is InChI=1S/C24H28N2O5S/c1-3-20(22(27)25-21(23(28)29)12-13-32-2)26-24(30)31-14-19-17-10-6-4-8-15(17)16-9-5-7-11-18(16)19/h4-11,19-21H,3,12-14H2,1-2H3,(H,25,27)(H,26,30)(H,28,29)/t20-,21+/m1/s1. The lowest BCUT2D eigenvalue weighted by Gasteiger charge is -2.21. The SMILES string of the molecule is CC[C@@H](NC(=O)OCC1c2ccccc2-c2ccccc21)C(=O)N[C@@H](CCSC)C(=O)O. The molecule has 7 nitrogen and oxygen atoms in total. The molecule has 0 bridgehead atoms.